The fourth-order valence-corrected chi connectivity index (χ4v) is 2.56. The van der Waals surface area contributed by atoms with Gasteiger partial charge < -0.3 is 10.6 Å². The highest BCUT2D eigenvalue weighted by atomic mass is 16.1. The first-order chi connectivity index (χ1) is 7.77. The third-order valence-electron chi connectivity index (χ3n) is 3.63. The number of likely N-dealkylation sites (N-methyl/N-ethyl adjacent to an activating group) is 1. The minimum Gasteiger partial charge on any atom is -0.355 e. The lowest BCUT2D eigenvalue weighted by molar-refractivity contribution is -0.125. The highest BCUT2D eigenvalue weighted by molar-refractivity contribution is 5.78. The summed E-state index contributed by atoms with van der Waals surface area (Å²) < 4.78 is 0. The predicted molar refractivity (Wildman–Crippen MR) is 67.3 cm³/mol. The zero-order valence-electron chi connectivity index (χ0n) is 10.7. The van der Waals surface area contributed by atoms with Gasteiger partial charge in [0.05, 0.1) is 0 Å². The maximum Gasteiger partial charge on any atom is 0.223 e. The summed E-state index contributed by atoms with van der Waals surface area (Å²) >= 11 is 0. The van der Waals surface area contributed by atoms with Crippen LogP contribution in [0.15, 0.2) is 0 Å². The van der Waals surface area contributed by atoms with E-state index in [4.69, 9.17) is 0 Å². The molecule has 1 fully saturated rings. The molecule has 1 atom stereocenters. The SMILES string of the molecule is CCC(CC1CCCC1)C(=O)NCCNC. The van der Waals surface area contributed by atoms with E-state index in [1.165, 1.54) is 25.7 Å². The number of carbonyl (C=O) groups excluding carboxylic acids is 1. The van der Waals surface area contributed by atoms with Gasteiger partial charge in [0.2, 0.25) is 5.91 Å². The number of carbonyl (C=O) groups is 1. The van der Waals surface area contributed by atoms with Gasteiger partial charge in [-0.25, -0.2) is 0 Å². The lowest BCUT2D eigenvalue weighted by Gasteiger charge is -2.18. The third kappa shape index (κ3) is 4.52. The number of rotatable bonds is 7. The molecule has 0 heterocycles. The molecule has 1 amide bonds. The van der Waals surface area contributed by atoms with Crippen LogP contribution in [0.25, 0.3) is 0 Å². The Kier molecular flexibility index (Phi) is 6.46. The van der Waals surface area contributed by atoms with Crippen molar-refractivity contribution in [2.75, 3.05) is 20.1 Å². The lowest BCUT2D eigenvalue weighted by Crippen LogP contribution is -2.35. The molecule has 3 nitrogen and oxygen atoms in total. The van der Waals surface area contributed by atoms with Crippen molar-refractivity contribution >= 4 is 5.91 Å². The van der Waals surface area contributed by atoms with E-state index in [0.717, 1.165) is 31.8 Å². The lowest BCUT2D eigenvalue weighted by atomic mass is 9.91. The van der Waals surface area contributed by atoms with Crippen LogP contribution in [0.4, 0.5) is 0 Å². The van der Waals surface area contributed by atoms with E-state index in [-0.39, 0.29) is 11.8 Å². The van der Waals surface area contributed by atoms with Crippen molar-refractivity contribution in [2.24, 2.45) is 11.8 Å². The van der Waals surface area contributed by atoms with Gasteiger partial charge in [-0.15, -0.1) is 0 Å². The minimum atomic E-state index is 0.236. The molecule has 0 aliphatic heterocycles. The molecule has 0 aromatic heterocycles. The first-order valence-corrected chi connectivity index (χ1v) is 6.70. The average Bonchev–Trinajstić information content (AvgIpc) is 2.78. The molecule has 1 saturated carbocycles. The number of hydrogen-bond donors (Lipinski definition) is 2. The van der Waals surface area contributed by atoms with Crippen LogP contribution >= 0.6 is 0 Å². The van der Waals surface area contributed by atoms with Gasteiger partial charge in [0.25, 0.3) is 0 Å². The molecule has 3 heteroatoms. The van der Waals surface area contributed by atoms with Crippen LogP contribution in [-0.4, -0.2) is 26.0 Å². The zero-order valence-corrected chi connectivity index (χ0v) is 10.7. The Labute approximate surface area is 99.4 Å². The molecule has 94 valence electrons. The van der Waals surface area contributed by atoms with E-state index in [2.05, 4.69) is 17.6 Å². The van der Waals surface area contributed by atoms with E-state index in [0.29, 0.717) is 0 Å². The van der Waals surface area contributed by atoms with Crippen molar-refractivity contribution in [3.8, 4) is 0 Å². The predicted octanol–water partition coefficient (Wildman–Crippen LogP) is 1.93. The molecule has 1 unspecified atom stereocenters. The van der Waals surface area contributed by atoms with Crippen molar-refractivity contribution in [1.29, 1.82) is 0 Å². The molecule has 0 aromatic carbocycles. The second kappa shape index (κ2) is 7.66. The molecular weight excluding hydrogens is 200 g/mol. The van der Waals surface area contributed by atoms with Crippen LogP contribution in [0.1, 0.15) is 45.4 Å². The molecule has 0 saturated heterocycles. The molecule has 1 aliphatic carbocycles. The summed E-state index contributed by atoms with van der Waals surface area (Å²) in [5.74, 6) is 1.30. The molecule has 0 radical (unpaired) electrons. The molecule has 2 N–H and O–H groups in total. The first-order valence-electron chi connectivity index (χ1n) is 6.70. The zero-order chi connectivity index (χ0) is 11.8. The van der Waals surface area contributed by atoms with Crippen molar-refractivity contribution in [2.45, 2.75) is 45.4 Å². The second-order valence-electron chi connectivity index (χ2n) is 4.89. The van der Waals surface area contributed by atoms with Crippen LogP contribution in [0.2, 0.25) is 0 Å². The van der Waals surface area contributed by atoms with Crippen LogP contribution in [0.5, 0.6) is 0 Å². The normalized spacial score (nSPS) is 18.6. The van der Waals surface area contributed by atoms with Gasteiger partial charge in [0.15, 0.2) is 0 Å². The van der Waals surface area contributed by atoms with E-state index >= 15 is 0 Å². The average molecular weight is 226 g/mol. The van der Waals surface area contributed by atoms with Crippen molar-refractivity contribution in [1.82, 2.24) is 10.6 Å². The summed E-state index contributed by atoms with van der Waals surface area (Å²) in [6.07, 6.45) is 7.47. The Morgan fingerprint density at radius 3 is 2.56 bits per heavy atom. The third-order valence-corrected chi connectivity index (χ3v) is 3.63. The number of nitrogens with one attached hydrogen (secondary N) is 2. The van der Waals surface area contributed by atoms with E-state index in [9.17, 15) is 4.79 Å². The first kappa shape index (κ1) is 13.5. The van der Waals surface area contributed by atoms with E-state index in [1.807, 2.05) is 7.05 Å². The topological polar surface area (TPSA) is 41.1 Å². The molecule has 1 aliphatic rings. The van der Waals surface area contributed by atoms with Crippen LogP contribution in [-0.2, 0) is 4.79 Å². The van der Waals surface area contributed by atoms with Gasteiger partial charge in [0.1, 0.15) is 0 Å². The summed E-state index contributed by atoms with van der Waals surface area (Å²) in [7, 11) is 1.90. The summed E-state index contributed by atoms with van der Waals surface area (Å²) in [4.78, 5) is 11.9. The Bertz CT molecular complexity index is 200. The van der Waals surface area contributed by atoms with Gasteiger partial charge in [-0.3, -0.25) is 4.79 Å². The Hall–Kier alpha value is -0.570. The maximum atomic E-state index is 11.9. The molecular formula is C13H26N2O. The Balaban J connectivity index is 2.25. The quantitative estimate of drug-likeness (QED) is 0.651. The largest absolute Gasteiger partial charge is 0.355 e. The molecule has 0 aromatic rings. The molecule has 0 spiro atoms. The van der Waals surface area contributed by atoms with Crippen molar-refractivity contribution in [3.05, 3.63) is 0 Å². The van der Waals surface area contributed by atoms with Crippen molar-refractivity contribution in [3.63, 3.8) is 0 Å². The highest BCUT2D eigenvalue weighted by Crippen LogP contribution is 2.31. The number of hydrogen-bond acceptors (Lipinski definition) is 2. The molecule has 0 bridgehead atoms. The second-order valence-corrected chi connectivity index (χ2v) is 4.89. The molecule has 1 rings (SSSR count). The Morgan fingerprint density at radius 2 is 2.00 bits per heavy atom. The van der Waals surface area contributed by atoms with E-state index < -0.39 is 0 Å². The summed E-state index contributed by atoms with van der Waals surface area (Å²) in [5, 5.41) is 6.05. The van der Waals surface area contributed by atoms with Gasteiger partial charge in [-0.2, -0.15) is 0 Å². The summed E-state index contributed by atoms with van der Waals surface area (Å²) in [6, 6.07) is 0. The van der Waals surface area contributed by atoms with Crippen LogP contribution in [0.3, 0.4) is 0 Å². The van der Waals surface area contributed by atoms with Crippen LogP contribution < -0.4 is 10.6 Å². The molecule has 16 heavy (non-hydrogen) atoms. The minimum absolute atomic E-state index is 0.236. The maximum absolute atomic E-state index is 11.9. The van der Waals surface area contributed by atoms with Gasteiger partial charge in [-0.1, -0.05) is 32.6 Å². The van der Waals surface area contributed by atoms with Crippen molar-refractivity contribution < 1.29 is 4.79 Å². The summed E-state index contributed by atoms with van der Waals surface area (Å²) in [6.45, 7) is 3.72. The fourth-order valence-electron chi connectivity index (χ4n) is 2.56. The standard InChI is InChI=1S/C13H26N2O/c1-3-12(10-11-6-4-5-7-11)13(16)15-9-8-14-2/h11-12,14H,3-10H2,1-2H3,(H,15,16). The Morgan fingerprint density at radius 1 is 1.31 bits per heavy atom. The van der Waals surface area contributed by atoms with Gasteiger partial charge in [0, 0.05) is 19.0 Å². The monoisotopic (exact) mass is 226 g/mol. The van der Waals surface area contributed by atoms with Gasteiger partial charge >= 0.3 is 0 Å². The van der Waals surface area contributed by atoms with Crippen LogP contribution in [0, 0.1) is 11.8 Å². The van der Waals surface area contributed by atoms with E-state index in [1.54, 1.807) is 0 Å². The highest BCUT2D eigenvalue weighted by Gasteiger charge is 2.23. The summed E-state index contributed by atoms with van der Waals surface area (Å²) in [5.41, 5.74) is 0. The number of amides is 1. The fraction of sp³-hybridized carbons (Fsp3) is 0.923. The smallest absolute Gasteiger partial charge is 0.223 e. The van der Waals surface area contributed by atoms with Gasteiger partial charge in [-0.05, 0) is 25.8 Å².